The summed E-state index contributed by atoms with van der Waals surface area (Å²) in [5.41, 5.74) is 3.26. The Balaban J connectivity index is 1.62. The third-order valence-corrected chi connectivity index (χ3v) is 4.49. The van der Waals surface area contributed by atoms with Gasteiger partial charge in [0.15, 0.2) is 0 Å². The summed E-state index contributed by atoms with van der Waals surface area (Å²) in [5.74, 6) is 0.286. The van der Waals surface area contributed by atoms with E-state index in [-0.39, 0.29) is 24.2 Å². The lowest BCUT2D eigenvalue weighted by molar-refractivity contribution is -0.128. The van der Waals surface area contributed by atoms with E-state index in [9.17, 15) is 9.59 Å². The highest BCUT2D eigenvalue weighted by molar-refractivity contribution is 5.97. The number of anilines is 1. The Bertz CT molecular complexity index is 763. The predicted molar refractivity (Wildman–Crippen MR) is 93.2 cm³/mol. The average Bonchev–Trinajstić information content (AvgIpc) is 3.12. The number of hydrogen-bond donors (Lipinski definition) is 2. The number of likely N-dealkylation sites (tertiary alicyclic amines) is 1. The summed E-state index contributed by atoms with van der Waals surface area (Å²) in [4.78, 5) is 26.5. The van der Waals surface area contributed by atoms with E-state index < -0.39 is 0 Å². The van der Waals surface area contributed by atoms with Crippen LogP contribution in [0.5, 0.6) is 5.75 Å². The predicted octanol–water partition coefficient (Wildman–Crippen LogP) is 2.02. The molecule has 1 atom stereocenters. The van der Waals surface area contributed by atoms with Crippen molar-refractivity contribution in [2.24, 2.45) is 5.92 Å². The van der Waals surface area contributed by atoms with Crippen molar-refractivity contribution in [1.29, 1.82) is 0 Å². The van der Waals surface area contributed by atoms with Gasteiger partial charge in [0.1, 0.15) is 5.75 Å². The smallest absolute Gasteiger partial charge is 0.229 e. The molecule has 2 heterocycles. The van der Waals surface area contributed by atoms with Gasteiger partial charge in [0, 0.05) is 19.5 Å². The van der Waals surface area contributed by atoms with Gasteiger partial charge in [-0.1, -0.05) is 12.1 Å². The maximum Gasteiger partial charge on any atom is 0.229 e. The molecule has 7 heteroatoms. The van der Waals surface area contributed by atoms with E-state index in [0.717, 1.165) is 22.7 Å². The van der Waals surface area contributed by atoms with Crippen LogP contribution in [-0.4, -0.2) is 40.6 Å². The van der Waals surface area contributed by atoms with Gasteiger partial charge in [-0.15, -0.1) is 0 Å². The fourth-order valence-corrected chi connectivity index (χ4v) is 3.01. The van der Waals surface area contributed by atoms with E-state index in [4.69, 9.17) is 4.74 Å². The number of rotatable bonds is 5. The second kappa shape index (κ2) is 6.96. The molecule has 2 aromatic rings. The highest BCUT2D eigenvalue weighted by atomic mass is 16.5. The van der Waals surface area contributed by atoms with Crippen LogP contribution in [0.15, 0.2) is 24.3 Å². The molecule has 2 N–H and O–H groups in total. The molecule has 0 saturated carbocycles. The van der Waals surface area contributed by atoms with Crippen molar-refractivity contribution in [3.8, 4) is 5.75 Å². The Hall–Kier alpha value is -2.83. The van der Waals surface area contributed by atoms with Gasteiger partial charge < -0.3 is 15.0 Å². The Morgan fingerprint density at radius 3 is 2.68 bits per heavy atom. The van der Waals surface area contributed by atoms with Crippen LogP contribution >= 0.6 is 0 Å². The Morgan fingerprint density at radius 1 is 1.36 bits per heavy atom. The van der Waals surface area contributed by atoms with E-state index in [0.29, 0.717) is 18.8 Å². The monoisotopic (exact) mass is 342 g/mol. The highest BCUT2D eigenvalue weighted by Gasteiger charge is 2.34. The molecule has 0 bridgehead atoms. The second-order valence-corrected chi connectivity index (χ2v) is 6.32. The van der Waals surface area contributed by atoms with E-state index in [1.165, 1.54) is 0 Å². The zero-order valence-electron chi connectivity index (χ0n) is 14.6. The molecule has 0 radical (unpaired) electrons. The first-order chi connectivity index (χ1) is 12.0. The summed E-state index contributed by atoms with van der Waals surface area (Å²) in [7, 11) is 1.62. The molecule has 1 saturated heterocycles. The number of nitrogens with one attached hydrogen (secondary N) is 2. The lowest BCUT2D eigenvalue weighted by Crippen LogP contribution is -2.28. The number of amides is 2. The van der Waals surface area contributed by atoms with E-state index >= 15 is 0 Å². The number of aromatic amines is 1. The first-order valence-electron chi connectivity index (χ1n) is 8.21. The molecule has 132 valence electrons. The lowest BCUT2D eigenvalue weighted by atomic mass is 10.1. The summed E-state index contributed by atoms with van der Waals surface area (Å²) in [6, 6.07) is 7.59. The quantitative estimate of drug-likeness (QED) is 0.870. The maximum absolute atomic E-state index is 12.5. The fourth-order valence-electron chi connectivity index (χ4n) is 3.01. The molecule has 0 aliphatic carbocycles. The molecular weight excluding hydrogens is 320 g/mol. The molecular formula is C18H22N4O3. The number of aryl methyl sites for hydroxylation is 2. The molecule has 25 heavy (non-hydrogen) atoms. The SMILES string of the molecule is COc1ccc(CN2C[C@H](C(=O)Nc3c(C)n[nH]c3C)CC2=O)cc1. The van der Waals surface area contributed by atoms with Gasteiger partial charge in [-0.2, -0.15) is 5.10 Å². The van der Waals surface area contributed by atoms with Crippen molar-refractivity contribution in [2.45, 2.75) is 26.8 Å². The number of hydrogen-bond acceptors (Lipinski definition) is 4. The number of aromatic nitrogens is 2. The Labute approximate surface area is 146 Å². The zero-order chi connectivity index (χ0) is 18.0. The average molecular weight is 342 g/mol. The van der Waals surface area contributed by atoms with Gasteiger partial charge >= 0.3 is 0 Å². The highest BCUT2D eigenvalue weighted by Crippen LogP contribution is 2.24. The van der Waals surface area contributed by atoms with Crippen LogP contribution < -0.4 is 10.1 Å². The van der Waals surface area contributed by atoms with Gasteiger partial charge in [0.25, 0.3) is 0 Å². The molecule has 3 rings (SSSR count). The van der Waals surface area contributed by atoms with Crippen molar-refractivity contribution in [2.75, 3.05) is 19.0 Å². The van der Waals surface area contributed by atoms with Gasteiger partial charge in [-0.05, 0) is 31.5 Å². The number of benzene rings is 1. The first kappa shape index (κ1) is 17.0. The minimum absolute atomic E-state index is 0.00314. The van der Waals surface area contributed by atoms with Crippen molar-refractivity contribution in [3.63, 3.8) is 0 Å². The molecule has 2 amide bonds. The van der Waals surface area contributed by atoms with Crippen LogP contribution in [0.2, 0.25) is 0 Å². The molecule has 1 aliphatic rings. The normalized spacial score (nSPS) is 17.0. The number of methoxy groups -OCH3 is 1. The number of ether oxygens (including phenoxy) is 1. The third kappa shape index (κ3) is 3.65. The fraction of sp³-hybridized carbons (Fsp3) is 0.389. The van der Waals surface area contributed by atoms with Crippen molar-refractivity contribution >= 4 is 17.5 Å². The van der Waals surface area contributed by atoms with E-state index in [1.54, 1.807) is 12.0 Å². The molecule has 1 fully saturated rings. The summed E-state index contributed by atoms with van der Waals surface area (Å²) >= 11 is 0. The van der Waals surface area contributed by atoms with Gasteiger partial charge in [0.05, 0.1) is 30.1 Å². The minimum Gasteiger partial charge on any atom is -0.497 e. The van der Waals surface area contributed by atoms with Gasteiger partial charge in [0.2, 0.25) is 11.8 Å². The lowest BCUT2D eigenvalue weighted by Gasteiger charge is -2.17. The third-order valence-electron chi connectivity index (χ3n) is 4.49. The summed E-state index contributed by atoms with van der Waals surface area (Å²) in [6.45, 7) is 4.60. The molecule has 7 nitrogen and oxygen atoms in total. The topological polar surface area (TPSA) is 87.3 Å². The Kier molecular flexibility index (Phi) is 4.74. The summed E-state index contributed by atoms with van der Waals surface area (Å²) in [5, 5.41) is 9.80. The van der Waals surface area contributed by atoms with Crippen LogP contribution in [0.25, 0.3) is 0 Å². The van der Waals surface area contributed by atoms with Crippen LogP contribution in [0.3, 0.4) is 0 Å². The van der Waals surface area contributed by atoms with E-state index in [2.05, 4.69) is 15.5 Å². The Morgan fingerprint density at radius 2 is 2.08 bits per heavy atom. The van der Waals surface area contributed by atoms with Crippen LogP contribution in [0.4, 0.5) is 5.69 Å². The van der Waals surface area contributed by atoms with Crippen molar-refractivity contribution in [1.82, 2.24) is 15.1 Å². The number of carbonyl (C=O) groups is 2. The number of carbonyl (C=O) groups excluding carboxylic acids is 2. The maximum atomic E-state index is 12.5. The summed E-state index contributed by atoms with van der Waals surface area (Å²) in [6.07, 6.45) is 0.234. The largest absolute Gasteiger partial charge is 0.497 e. The van der Waals surface area contributed by atoms with Crippen LogP contribution in [0, 0.1) is 19.8 Å². The van der Waals surface area contributed by atoms with Gasteiger partial charge in [-0.25, -0.2) is 0 Å². The van der Waals surface area contributed by atoms with Gasteiger partial charge in [-0.3, -0.25) is 14.7 Å². The first-order valence-corrected chi connectivity index (χ1v) is 8.21. The minimum atomic E-state index is -0.348. The molecule has 1 aromatic heterocycles. The molecule has 1 aliphatic heterocycles. The standard InChI is InChI=1S/C18H22N4O3/c1-11-17(12(2)21-20-11)19-18(24)14-8-16(23)22(10-14)9-13-4-6-15(25-3)7-5-13/h4-7,14H,8-10H2,1-3H3,(H,19,24)(H,20,21)/t14-/m1/s1. The number of nitrogens with zero attached hydrogens (tertiary/aromatic N) is 2. The van der Waals surface area contributed by atoms with Crippen LogP contribution in [-0.2, 0) is 16.1 Å². The van der Waals surface area contributed by atoms with E-state index in [1.807, 2.05) is 38.1 Å². The molecule has 0 spiro atoms. The number of H-pyrrole nitrogens is 1. The molecule has 0 unspecified atom stereocenters. The van der Waals surface area contributed by atoms with Crippen LogP contribution in [0.1, 0.15) is 23.4 Å². The molecule has 1 aromatic carbocycles. The summed E-state index contributed by atoms with van der Waals surface area (Å²) < 4.78 is 5.14. The second-order valence-electron chi connectivity index (χ2n) is 6.32. The van der Waals surface area contributed by atoms with Crippen molar-refractivity contribution in [3.05, 3.63) is 41.2 Å². The zero-order valence-corrected chi connectivity index (χ0v) is 14.6. The van der Waals surface area contributed by atoms with Crippen molar-refractivity contribution < 1.29 is 14.3 Å².